The van der Waals surface area contributed by atoms with Gasteiger partial charge in [-0.25, -0.2) is 0 Å². The molecule has 0 saturated heterocycles. The molecule has 0 fully saturated rings. The summed E-state index contributed by atoms with van der Waals surface area (Å²) in [6, 6.07) is 7.81. The van der Waals surface area contributed by atoms with E-state index in [2.05, 4.69) is 5.16 Å². The molecule has 0 amide bonds. The molecule has 1 aromatic carbocycles. The Balaban J connectivity index is 2.23. The summed E-state index contributed by atoms with van der Waals surface area (Å²) in [5.41, 5.74) is 8.46. The Morgan fingerprint density at radius 2 is 2.06 bits per heavy atom. The molecule has 17 heavy (non-hydrogen) atoms. The van der Waals surface area contributed by atoms with E-state index in [4.69, 9.17) is 15.0 Å². The van der Waals surface area contributed by atoms with E-state index in [9.17, 15) is 0 Å². The van der Waals surface area contributed by atoms with Crippen LogP contribution in [-0.4, -0.2) is 18.3 Å². The van der Waals surface area contributed by atoms with E-state index in [0.29, 0.717) is 13.2 Å². The smallest absolute Gasteiger partial charge is 0.127 e. The predicted octanol–water partition coefficient (Wildman–Crippen LogP) is 2.24. The van der Waals surface area contributed by atoms with Crippen LogP contribution >= 0.6 is 0 Å². The number of nitrogens with zero attached hydrogens (tertiary/aromatic N) is 1. The lowest BCUT2D eigenvalue weighted by atomic mass is 10.1. The molecule has 2 aromatic rings. The first-order valence-corrected chi connectivity index (χ1v) is 5.71. The van der Waals surface area contributed by atoms with E-state index in [1.807, 2.05) is 31.2 Å². The number of benzene rings is 1. The quantitative estimate of drug-likeness (QED) is 0.858. The van der Waals surface area contributed by atoms with E-state index in [0.717, 1.165) is 29.0 Å². The summed E-state index contributed by atoms with van der Waals surface area (Å²) in [5, 5.41) is 4.01. The summed E-state index contributed by atoms with van der Waals surface area (Å²) in [4.78, 5) is 0. The Morgan fingerprint density at radius 1 is 1.29 bits per heavy atom. The number of hydrogen-bond donors (Lipinski definition) is 1. The summed E-state index contributed by atoms with van der Waals surface area (Å²) in [6.45, 7) is 3.22. The zero-order valence-electron chi connectivity index (χ0n) is 9.85. The maximum absolute atomic E-state index is 5.54. The van der Waals surface area contributed by atoms with Crippen molar-refractivity contribution in [2.24, 2.45) is 5.73 Å². The van der Waals surface area contributed by atoms with Crippen molar-refractivity contribution in [1.82, 2.24) is 5.16 Å². The Labute approximate surface area is 100 Å². The van der Waals surface area contributed by atoms with Gasteiger partial charge in [-0.1, -0.05) is 5.16 Å². The molecule has 4 nitrogen and oxygen atoms in total. The first kappa shape index (κ1) is 11.7. The van der Waals surface area contributed by atoms with Crippen LogP contribution in [0.15, 0.2) is 35.1 Å². The van der Waals surface area contributed by atoms with Gasteiger partial charge in [0.15, 0.2) is 0 Å². The van der Waals surface area contributed by atoms with Crippen molar-refractivity contribution < 1.29 is 9.26 Å². The molecular formula is C13H16N2O2. The van der Waals surface area contributed by atoms with Gasteiger partial charge >= 0.3 is 0 Å². The Hall–Kier alpha value is -1.81. The van der Waals surface area contributed by atoms with Crippen LogP contribution in [0.1, 0.15) is 12.5 Å². The van der Waals surface area contributed by atoms with E-state index < -0.39 is 0 Å². The van der Waals surface area contributed by atoms with E-state index in [1.165, 1.54) is 0 Å². The highest BCUT2D eigenvalue weighted by molar-refractivity contribution is 5.63. The SMILES string of the molecule is CCOc1ccc(-c2nocc2CCN)cc1. The maximum Gasteiger partial charge on any atom is 0.127 e. The van der Waals surface area contributed by atoms with Gasteiger partial charge in [-0.2, -0.15) is 0 Å². The third-order valence-corrected chi connectivity index (χ3v) is 2.50. The highest BCUT2D eigenvalue weighted by Gasteiger charge is 2.09. The van der Waals surface area contributed by atoms with Crippen LogP contribution in [0.3, 0.4) is 0 Å². The molecule has 90 valence electrons. The van der Waals surface area contributed by atoms with Crippen molar-refractivity contribution in [3.05, 3.63) is 36.1 Å². The van der Waals surface area contributed by atoms with Gasteiger partial charge in [-0.3, -0.25) is 0 Å². The van der Waals surface area contributed by atoms with Crippen molar-refractivity contribution in [1.29, 1.82) is 0 Å². The van der Waals surface area contributed by atoms with E-state index >= 15 is 0 Å². The fraction of sp³-hybridized carbons (Fsp3) is 0.308. The molecule has 1 heterocycles. The second-order valence-electron chi connectivity index (χ2n) is 3.68. The lowest BCUT2D eigenvalue weighted by Crippen LogP contribution is -2.02. The largest absolute Gasteiger partial charge is 0.494 e. The van der Waals surface area contributed by atoms with Crippen molar-refractivity contribution in [3.63, 3.8) is 0 Å². The van der Waals surface area contributed by atoms with Gasteiger partial charge in [0.25, 0.3) is 0 Å². The number of rotatable bonds is 5. The summed E-state index contributed by atoms with van der Waals surface area (Å²) < 4.78 is 10.4. The van der Waals surface area contributed by atoms with Crippen molar-refractivity contribution in [2.75, 3.05) is 13.2 Å². The van der Waals surface area contributed by atoms with E-state index in [1.54, 1.807) is 6.26 Å². The Bertz CT molecular complexity index is 463. The molecule has 0 radical (unpaired) electrons. The molecule has 4 heteroatoms. The van der Waals surface area contributed by atoms with Crippen LogP contribution in [0.5, 0.6) is 5.75 Å². The number of nitrogens with two attached hydrogens (primary N) is 1. The molecular weight excluding hydrogens is 216 g/mol. The van der Waals surface area contributed by atoms with Gasteiger partial charge in [-0.15, -0.1) is 0 Å². The second kappa shape index (κ2) is 5.50. The molecule has 0 spiro atoms. The van der Waals surface area contributed by atoms with Gasteiger partial charge in [0.05, 0.1) is 6.61 Å². The zero-order chi connectivity index (χ0) is 12.1. The molecule has 0 unspecified atom stereocenters. The molecule has 0 bridgehead atoms. The molecule has 0 atom stereocenters. The first-order chi connectivity index (χ1) is 8.35. The van der Waals surface area contributed by atoms with Gasteiger partial charge < -0.3 is 15.0 Å². The van der Waals surface area contributed by atoms with Crippen LogP contribution in [0.25, 0.3) is 11.3 Å². The zero-order valence-corrected chi connectivity index (χ0v) is 9.85. The van der Waals surface area contributed by atoms with Crippen LogP contribution < -0.4 is 10.5 Å². The molecule has 0 saturated carbocycles. The van der Waals surface area contributed by atoms with Crippen LogP contribution in [0.4, 0.5) is 0 Å². The number of hydrogen-bond acceptors (Lipinski definition) is 4. The average molecular weight is 232 g/mol. The van der Waals surface area contributed by atoms with Crippen molar-refractivity contribution >= 4 is 0 Å². The molecule has 0 aliphatic carbocycles. The Kier molecular flexibility index (Phi) is 3.77. The standard InChI is InChI=1S/C13H16N2O2/c1-2-16-12-5-3-10(4-6-12)13-11(7-8-14)9-17-15-13/h3-6,9H,2,7-8,14H2,1H3. The third kappa shape index (κ3) is 2.65. The molecule has 2 rings (SSSR count). The first-order valence-electron chi connectivity index (χ1n) is 5.71. The summed E-state index contributed by atoms with van der Waals surface area (Å²) in [7, 11) is 0. The maximum atomic E-state index is 5.54. The number of aromatic nitrogens is 1. The fourth-order valence-electron chi connectivity index (χ4n) is 1.70. The summed E-state index contributed by atoms with van der Waals surface area (Å²) in [6.07, 6.45) is 2.42. The van der Waals surface area contributed by atoms with Crippen molar-refractivity contribution in [3.8, 4) is 17.0 Å². The van der Waals surface area contributed by atoms with Gasteiger partial charge in [-0.05, 0) is 44.2 Å². The monoisotopic (exact) mass is 232 g/mol. The van der Waals surface area contributed by atoms with Crippen LogP contribution in [0.2, 0.25) is 0 Å². The van der Waals surface area contributed by atoms with Crippen LogP contribution in [-0.2, 0) is 6.42 Å². The Morgan fingerprint density at radius 3 is 2.71 bits per heavy atom. The average Bonchev–Trinajstić information content (AvgIpc) is 2.79. The second-order valence-corrected chi connectivity index (χ2v) is 3.68. The van der Waals surface area contributed by atoms with Gasteiger partial charge in [0.2, 0.25) is 0 Å². The van der Waals surface area contributed by atoms with Gasteiger partial charge in [0.1, 0.15) is 17.7 Å². The predicted molar refractivity (Wildman–Crippen MR) is 65.9 cm³/mol. The summed E-state index contributed by atoms with van der Waals surface area (Å²) >= 11 is 0. The highest BCUT2D eigenvalue weighted by Crippen LogP contribution is 2.24. The lowest BCUT2D eigenvalue weighted by Gasteiger charge is -2.04. The third-order valence-electron chi connectivity index (χ3n) is 2.50. The molecule has 0 aliphatic heterocycles. The normalized spacial score (nSPS) is 10.5. The topological polar surface area (TPSA) is 61.3 Å². The van der Waals surface area contributed by atoms with Gasteiger partial charge in [0, 0.05) is 11.1 Å². The highest BCUT2D eigenvalue weighted by atomic mass is 16.5. The van der Waals surface area contributed by atoms with Crippen LogP contribution in [0, 0.1) is 0 Å². The number of ether oxygens (including phenoxy) is 1. The molecule has 1 aromatic heterocycles. The molecule has 2 N–H and O–H groups in total. The summed E-state index contributed by atoms with van der Waals surface area (Å²) in [5.74, 6) is 0.861. The van der Waals surface area contributed by atoms with E-state index in [-0.39, 0.29) is 0 Å². The molecule has 0 aliphatic rings. The lowest BCUT2D eigenvalue weighted by molar-refractivity contribution is 0.340. The minimum atomic E-state index is 0.589. The minimum absolute atomic E-state index is 0.589. The minimum Gasteiger partial charge on any atom is -0.494 e. The fourth-order valence-corrected chi connectivity index (χ4v) is 1.70. The van der Waals surface area contributed by atoms with Crippen molar-refractivity contribution in [2.45, 2.75) is 13.3 Å².